The minimum atomic E-state index is 0.607. The molecule has 172 valence electrons. The van der Waals surface area contributed by atoms with Crippen molar-refractivity contribution in [1.29, 1.82) is 15.8 Å². The minimum absolute atomic E-state index is 0.607. The molecule has 0 radical (unpaired) electrons. The molecule has 5 rings (SSSR count). The van der Waals surface area contributed by atoms with Gasteiger partial charge in [0.2, 0.25) is 0 Å². The standard InChI is InChI=1S/C33H20N4/c34-21-24-1-7-27(8-2-24)29-11-17-32(18-12-29)37(31-15-5-26(23-36)6-16-31)33-19-13-30(14-20-33)28-9-3-25(22-35)4-10-28/h1-20H. The first-order valence-corrected chi connectivity index (χ1v) is 11.7. The number of hydrogen-bond donors (Lipinski definition) is 0. The van der Waals surface area contributed by atoms with Crippen LogP contribution in [0, 0.1) is 34.0 Å². The predicted octanol–water partition coefficient (Wildman–Crippen LogP) is 8.11. The molecule has 0 unspecified atom stereocenters. The first kappa shape index (κ1) is 23.1. The van der Waals surface area contributed by atoms with Gasteiger partial charge in [-0.1, -0.05) is 48.5 Å². The van der Waals surface area contributed by atoms with Gasteiger partial charge in [0.25, 0.3) is 0 Å². The summed E-state index contributed by atoms with van der Waals surface area (Å²) in [4.78, 5) is 2.15. The van der Waals surface area contributed by atoms with E-state index in [4.69, 9.17) is 10.5 Å². The number of nitrogens with zero attached hydrogens (tertiary/aromatic N) is 4. The minimum Gasteiger partial charge on any atom is -0.311 e. The van der Waals surface area contributed by atoms with Gasteiger partial charge in [0, 0.05) is 17.1 Å². The van der Waals surface area contributed by atoms with E-state index in [2.05, 4.69) is 71.6 Å². The van der Waals surface area contributed by atoms with E-state index >= 15 is 0 Å². The zero-order chi connectivity index (χ0) is 25.6. The van der Waals surface area contributed by atoms with Crippen molar-refractivity contribution in [1.82, 2.24) is 0 Å². The number of rotatable bonds is 5. The Bertz CT molecular complexity index is 1540. The summed E-state index contributed by atoms with van der Waals surface area (Å²) in [6.07, 6.45) is 0. The molecule has 0 atom stereocenters. The Morgan fingerprint density at radius 3 is 0.811 bits per heavy atom. The quantitative estimate of drug-likeness (QED) is 0.259. The summed E-state index contributed by atoms with van der Waals surface area (Å²) < 4.78 is 0. The summed E-state index contributed by atoms with van der Waals surface area (Å²) in [7, 11) is 0. The van der Waals surface area contributed by atoms with Crippen molar-refractivity contribution in [3.63, 3.8) is 0 Å². The second kappa shape index (κ2) is 10.3. The Morgan fingerprint density at radius 2 is 0.541 bits per heavy atom. The van der Waals surface area contributed by atoms with Crippen LogP contribution in [0.4, 0.5) is 17.1 Å². The summed E-state index contributed by atoms with van der Waals surface area (Å²) in [5.41, 5.74) is 8.99. The summed E-state index contributed by atoms with van der Waals surface area (Å²) in [6.45, 7) is 0. The van der Waals surface area contributed by atoms with Crippen LogP contribution in [-0.4, -0.2) is 0 Å². The van der Waals surface area contributed by atoms with Gasteiger partial charge >= 0.3 is 0 Å². The van der Waals surface area contributed by atoms with Crippen molar-refractivity contribution in [3.8, 4) is 40.5 Å². The third-order valence-electron chi connectivity index (χ3n) is 6.20. The summed E-state index contributed by atoms with van der Waals surface area (Å²) in [5.74, 6) is 0. The van der Waals surface area contributed by atoms with Gasteiger partial charge in [-0.05, 0) is 95.1 Å². The normalized spacial score (nSPS) is 10.1. The zero-order valence-corrected chi connectivity index (χ0v) is 19.8. The molecule has 5 aromatic carbocycles. The van der Waals surface area contributed by atoms with Crippen LogP contribution in [0.1, 0.15) is 16.7 Å². The number of benzene rings is 5. The molecule has 0 fully saturated rings. The molecular weight excluding hydrogens is 452 g/mol. The number of hydrogen-bond acceptors (Lipinski definition) is 4. The molecule has 0 amide bonds. The van der Waals surface area contributed by atoms with E-state index in [1.807, 2.05) is 72.8 Å². The summed E-state index contributed by atoms with van der Waals surface area (Å²) in [5, 5.41) is 27.4. The van der Waals surface area contributed by atoms with Crippen molar-refractivity contribution in [2.75, 3.05) is 4.90 Å². The van der Waals surface area contributed by atoms with Gasteiger partial charge in [-0.15, -0.1) is 0 Å². The topological polar surface area (TPSA) is 74.6 Å². The third kappa shape index (κ3) is 4.94. The highest BCUT2D eigenvalue weighted by molar-refractivity contribution is 5.80. The van der Waals surface area contributed by atoms with Crippen LogP contribution in [0.3, 0.4) is 0 Å². The van der Waals surface area contributed by atoms with E-state index in [0.29, 0.717) is 16.7 Å². The molecule has 37 heavy (non-hydrogen) atoms. The molecule has 0 aromatic heterocycles. The third-order valence-corrected chi connectivity index (χ3v) is 6.20. The van der Waals surface area contributed by atoms with Crippen LogP contribution < -0.4 is 4.90 Å². The Balaban J connectivity index is 1.51. The van der Waals surface area contributed by atoms with Gasteiger partial charge < -0.3 is 4.90 Å². The lowest BCUT2D eigenvalue weighted by molar-refractivity contribution is 1.28. The van der Waals surface area contributed by atoms with E-state index in [1.54, 1.807) is 0 Å². The van der Waals surface area contributed by atoms with Crippen LogP contribution in [0.5, 0.6) is 0 Å². The van der Waals surface area contributed by atoms with Crippen LogP contribution >= 0.6 is 0 Å². The first-order valence-electron chi connectivity index (χ1n) is 11.7. The number of nitriles is 3. The lowest BCUT2D eigenvalue weighted by Gasteiger charge is -2.26. The van der Waals surface area contributed by atoms with Crippen molar-refractivity contribution in [2.24, 2.45) is 0 Å². The maximum atomic E-state index is 9.25. The molecule has 5 aromatic rings. The molecule has 0 bridgehead atoms. The molecule has 0 saturated heterocycles. The van der Waals surface area contributed by atoms with Gasteiger partial charge in [0.1, 0.15) is 0 Å². The van der Waals surface area contributed by atoms with Crippen LogP contribution in [-0.2, 0) is 0 Å². The second-order valence-corrected chi connectivity index (χ2v) is 8.47. The maximum absolute atomic E-state index is 9.25. The Hall–Kier alpha value is -5.63. The molecule has 0 saturated carbocycles. The van der Waals surface area contributed by atoms with Gasteiger partial charge in [-0.2, -0.15) is 15.8 Å². The monoisotopic (exact) mass is 472 g/mol. The predicted molar refractivity (Wildman–Crippen MR) is 146 cm³/mol. The van der Waals surface area contributed by atoms with Crippen molar-refractivity contribution in [3.05, 3.63) is 138 Å². The van der Waals surface area contributed by atoms with Crippen molar-refractivity contribution >= 4 is 17.1 Å². The molecule has 0 aliphatic heterocycles. The molecule has 4 heteroatoms. The lowest BCUT2D eigenvalue weighted by atomic mass is 10.0. The summed E-state index contributed by atoms with van der Waals surface area (Å²) >= 11 is 0. The molecule has 0 aliphatic rings. The van der Waals surface area contributed by atoms with Crippen LogP contribution in [0.15, 0.2) is 121 Å². The Kier molecular flexibility index (Phi) is 6.45. The highest BCUT2D eigenvalue weighted by Crippen LogP contribution is 2.36. The van der Waals surface area contributed by atoms with E-state index in [-0.39, 0.29) is 0 Å². The van der Waals surface area contributed by atoms with Crippen molar-refractivity contribution in [2.45, 2.75) is 0 Å². The number of anilines is 3. The van der Waals surface area contributed by atoms with Crippen LogP contribution in [0.2, 0.25) is 0 Å². The van der Waals surface area contributed by atoms with Gasteiger partial charge in [0.05, 0.1) is 34.9 Å². The smallest absolute Gasteiger partial charge is 0.0991 e. The SMILES string of the molecule is N#Cc1ccc(-c2ccc(N(c3ccc(C#N)cc3)c3ccc(-c4ccc(C#N)cc4)cc3)cc2)cc1. The second-order valence-electron chi connectivity index (χ2n) is 8.47. The fraction of sp³-hybridized carbons (Fsp3) is 0. The summed E-state index contributed by atoms with van der Waals surface area (Å²) in [6, 6.07) is 45.7. The van der Waals surface area contributed by atoms with E-state index < -0.39 is 0 Å². The highest BCUT2D eigenvalue weighted by atomic mass is 15.1. The fourth-order valence-corrected chi connectivity index (χ4v) is 4.21. The van der Waals surface area contributed by atoms with E-state index in [1.165, 1.54) is 0 Å². The first-order chi connectivity index (χ1) is 18.2. The Labute approximate surface area is 216 Å². The average Bonchev–Trinajstić information content (AvgIpc) is 2.98. The van der Waals surface area contributed by atoms with Crippen molar-refractivity contribution < 1.29 is 0 Å². The van der Waals surface area contributed by atoms with Gasteiger partial charge in [0.15, 0.2) is 0 Å². The van der Waals surface area contributed by atoms with Gasteiger partial charge in [-0.25, -0.2) is 0 Å². The molecule has 0 heterocycles. The van der Waals surface area contributed by atoms with Gasteiger partial charge in [-0.3, -0.25) is 0 Å². The molecule has 0 aliphatic carbocycles. The lowest BCUT2D eigenvalue weighted by Crippen LogP contribution is -2.09. The highest BCUT2D eigenvalue weighted by Gasteiger charge is 2.13. The molecule has 0 N–H and O–H groups in total. The largest absolute Gasteiger partial charge is 0.311 e. The van der Waals surface area contributed by atoms with Crippen LogP contribution in [0.25, 0.3) is 22.3 Å². The van der Waals surface area contributed by atoms with E-state index in [9.17, 15) is 5.26 Å². The molecular formula is C33H20N4. The van der Waals surface area contributed by atoms with E-state index in [0.717, 1.165) is 39.3 Å². The zero-order valence-electron chi connectivity index (χ0n) is 19.8. The average molecular weight is 473 g/mol. The molecule has 0 spiro atoms. The fourth-order valence-electron chi connectivity index (χ4n) is 4.21. The maximum Gasteiger partial charge on any atom is 0.0991 e. The Morgan fingerprint density at radius 1 is 0.324 bits per heavy atom. The molecule has 4 nitrogen and oxygen atoms in total.